The second-order valence-corrected chi connectivity index (χ2v) is 6.50. The van der Waals surface area contributed by atoms with Crippen molar-refractivity contribution in [3.63, 3.8) is 0 Å². The summed E-state index contributed by atoms with van der Waals surface area (Å²) < 4.78 is 19.5. The van der Waals surface area contributed by atoms with Crippen molar-refractivity contribution < 1.29 is 13.9 Å². The van der Waals surface area contributed by atoms with Crippen molar-refractivity contribution in [2.45, 2.75) is 31.2 Å². The molecule has 5 rings (SSSR count). The Hall–Kier alpha value is -1.55. The molecule has 20 heavy (non-hydrogen) atoms. The molecule has 1 aromatic heterocycles. The largest absolute Gasteiger partial charge is 0.505 e. The number of hydrogen-bond donors (Lipinski definition) is 1. The molecule has 2 aromatic rings. The number of phenolic OH excluding ortho intramolecular Hbond substituents is 1. The number of furan rings is 1. The molecule has 3 nitrogen and oxygen atoms in total. The monoisotopic (exact) mass is 273 g/mol. The lowest BCUT2D eigenvalue weighted by Gasteiger charge is -2.29. The Labute approximate surface area is 116 Å². The Morgan fingerprint density at radius 1 is 1.30 bits per heavy atom. The molecule has 1 saturated heterocycles. The smallest absolute Gasteiger partial charge is 0.168 e. The van der Waals surface area contributed by atoms with Crippen molar-refractivity contribution in [2.75, 3.05) is 13.1 Å². The molecule has 0 radical (unpaired) electrons. The fraction of sp³-hybridized carbons (Fsp3) is 0.500. The Balaban J connectivity index is 1.75. The van der Waals surface area contributed by atoms with E-state index in [0.29, 0.717) is 17.5 Å². The van der Waals surface area contributed by atoms with Crippen LogP contribution in [0.5, 0.6) is 5.75 Å². The average molecular weight is 273 g/mol. The molecule has 3 aliphatic rings. The number of piperidine rings is 1. The van der Waals surface area contributed by atoms with Gasteiger partial charge in [-0.2, -0.15) is 0 Å². The van der Waals surface area contributed by atoms with Crippen molar-refractivity contribution in [3.05, 3.63) is 29.3 Å². The lowest BCUT2D eigenvalue weighted by atomic mass is 9.94. The van der Waals surface area contributed by atoms with E-state index in [9.17, 15) is 9.50 Å². The molecule has 0 unspecified atom stereocenters. The van der Waals surface area contributed by atoms with Gasteiger partial charge in [-0.3, -0.25) is 4.90 Å². The van der Waals surface area contributed by atoms with Crippen LogP contribution < -0.4 is 0 Å². The van der Waals surface area contributed by atoms with Crippen LogP contribution in [0.3, 0.4) is 0 Å². The minimum Gasteiger partial charge on any atom is -0.505 e. The average Bonchev–Trinajstić information content (AvgIpc) is 3.08. The molecule has 1 N–H and O–H groups in total. The molecule has 4 heteroatoms. The third kappa shape index (κ3) is 1.28. The van der Waals surface area contributed by atoms with Crippen LogP contribution in [0.1, 0.15) is 30.1 Å². The van der Waals surface area contributed by atoms with Crippen LogP contribution in [-0.2, 0) is 6.42 Å². The van der Waals surface area contributed by atoms with Crippen LogP contribution in [0.15, 0.2) is 16.5 Å². The van der Waals surface area contributed by atoms with Gasteiger partial charge in [0.05, 0.1) is 0 Å². The van der Waals surface area contributed by atoms with Crippen molar-refractivity contribution in [1.82, 2.24) is 4.90 Å². The van der Waals surface area contributed by atoms with Gasteiger partial charge in [0, 0.05) is 42.1 Å². The quantitative estimate of drug-likeness (QED) is 0.801. The van der Waals surface area contributed by atoms with Crippen molar-refractivity contribution in [2.24, 2.45) is 5.92 Å². The van der Waals surface area contributed by atoms with Gasteiger partial charge in [-0.15, -0.1) is 0 Å². The normalized spacial score (nSPS) is 31.8. The minimum atomic E-state index is -0.601. The predicted octanol–water partition coefficient (Wildman–Crippen LogP) is 3.01. The summed E-state index contributed by atoms with van der Waals surface area (Å²) in [6.07, 6.45) is 3.41. The SMILES string of the molecule is Oc1cc2c3c(oc2cc1F)[C@@H]1C[C@H]2C[C@@H]1N(CC3)C2. The van der Waals surface area contributed by atoms with E-state index in [4.69, 9.17) is 4.42 Å². The van der Waals surface area contributed by atoms with Crippen LogP contribution in [0.2, 0.25) is 0 Å². The van der Waals surface area contributed by atoms with Crippen molar-refractivity contribution in [1.29, 1.82) is 0 Å². The predicted molar refractivity (Wildman–Crippen MR) is 72.4 cm³/mol. The van der Waals surface area contributed by atoms with Gasteiger partial charge < -0.3 is 9.52 Å². The summed E-state index contributed by atoms with van der Waals surface area (Å²) in [4.78, 5) is 2.59. The summed E-state index contributed by atoms with van der Waals surface area (Å²) in [6.45, 7) is 2.28. The number of nitrogens with zero attached hydrogens (tertiary/aromatic N) is 1. The second kappa shape index (κ2) is 3.55. The van der Waals surface area contributed by atoms with E-state index in [-0.39, 0.29) is 5.75 Å². The molecule has 1 saturated carbocycles. The van der Waals surface area contributed by atoms with Gasteiger partial charge in [-0.05, 0) is 31.2 Å². The van der Waals surface area contributed by atoms with E-state index in [1.165, 1.54) is 37.1 Å². The summed E-state index contributed by atoms with van der Waals surface area (Å²) in [5.74, 6) is 1.44. The number of halogens is 1. The lowest BCUT2D eigenvalue weighted by Crippen LogP contribution is -2.36. The minimum absolute atomic E-state index is 0.280. The Kier molecular flexibility index (Phi) is 1.98. The summed E-state index contributed by atoms with van der Waals surface area (Å²) in [6, 6.07) is 3.46. The zero-order chi connectivity index (χ0) is 13.4. The summed E-state index contributed by atoms with van der Waals surface area (Å²) >= 11 is 0. The number of rotatable bonds is 0. The van der Waals surface area contributed by atoms with Gasteiger partial charge in [0.15, 0.2) is 11.6 Å². The molecule has 0 spiro atoms. The van der Waals surface area contributed by atoms with E-state index in [2.05, 4.69) is 4.90 Å². The fourth-order valence-corrected chi connectivity index (χ4v) is 4.67. The molecular weight excluding hydrogens is 257 g/mol. The summed E-state index contributed by atoms with van der Waals surface area (Å²) in [5.41, 5.74) is 1.77. The molecule has 1 aromatic carbocycles. The van der Waals surface area contributed by atoms with Crippen LogP contribution in [0.4, 0.5) is 4.39 Å². The van der Waals surface area contributed by atoms with Crippen LogP contribution >= 0.6 is 0 Å². The van der Waals surface area contributed by atoms with Gasteiger partial charge in [0.1, 0.15) is 11.3 Å². The van der Waals surface area contributed by atoms with E-state index < -0.39 is 5.82 Å². The molecule has 1 aliphatic carbocycles. The van der Waals surface area contributed by atoms with Crippen LogP contribution in [0.25, 0.3) is 11.0 Å². The maximum atomic E-state index is 13.5. The Morgan fingerprint density at radius 2 is 2.20 bits per heavy atom. The molecule has 2 aliphatic heterocycles. The number of hydrogen-bond acceptors (Lipinski definition) is 3. The zero-order valence-electron chi connectivity index (χ0n) is 11.1. The fourth-order valence-electron chi connectivity index (χ4n) is 4.67. The first-order valence-corrected chi connectivity index (χ1v) is 7.38. The molecule has 0 amide bonds. The van der Waals surface area contributed by atoms with Gasteiger partial charge in [-0.25, -0.2) is 4.39 Å². The van der Waals surface area contributed by atoms with Crippen molar-refractivity contribution >= 4 is 11.0 Å². The van der Waals surface area contributed by atoms with Crippen LogP contribution in [0, 0.1) is 11.7 Å². The molecular formula is C16H16FNO2. The number of benzene rings is 1. The van der Waals surface area contributed by atoms with E-state index >= 15 is 0 Å². The topological polar surface area (TPSA) is 36.6 Å². The first-order chi connectivity index (χ1) is 9.70. The van der Waals surface area contributed by atoms with E-state index in [1.54, 1.807) is 0 Å². The standard InChI is InChI=1S/C16H16FNO2/c17-12-6-15-10(5-14(12)19)9-1-2-18-7-8-3-11(13(18)4-8)16(9)20-15/h5-6,8,11,13,19H,1-4,7H2/t8-,11+,13-/m0/s1. The van der Waals surface area contributed by atoms with E-state index in [0.717, 1.165) is 30.0 Å². The summed E-state index contributed by atoms with van der Waals surface area (Å²) in [5, 5.41) is 10.5. The maximum Gasteiger partial charge on any atom is 0.168 e. The third-order valence-electron chi connectivity index (χ3n) is 5.47. The highest BCUT2D eigenvalue weighted by Gasteiger charge is 2.48. The number of phenols is 1. The van der Waals surface area contributed by atoms with Gasteiger partial charge >= 0.3 is 0 Å². The van der Waals surface area contributed by atoms with Gasteiger partial charge in [0.2, 0.25) is 0 Å². The molecule has 2 fully saturated rings. The zero-order valence-corrected chi connectivity index (χ0v) is 11.1. The Morgan fingerprint density at radius 3 is 3.05 bits per heavy atom. The van der Waals surface area contributed by atoms with E-state index in [1.807, 2.05) is 0 Å². The highest BCUT2D eigenvalue weighted by Crippen LogP contribution is 2.51. The maximum absolute atomic E-state index is 13.5. The van der Waals surface area contributed by atoms with Gasteiger partial charge in [-0.1, -0.05) is 0 Å². The first kappa shape index (κ1) is 11.1. The summed E-state index contributed by atoms with van der Waals surface area (Å²) in [7, 11) is 0. The highest BCUT2D eigenvalue weighted by molar-refractivity contribution is 5.84. The molecule has 3 heterocycles. The molecule has 104 valence electrons. The third-order valence-corrected chi connectivity index (χ3v) is 5.47. The van der Waals surface area contributed by atoms with Gasteiger partial charge in [0.25, 0.3) is 0 Å². The lowest BCUT2D eigenvalue weighted by molar-refractivity contribution is 0.194. The molecule has 2 bridgehead atoms. The van der Waals surface area contributed by atoms with Crippen molar-refractivity contribution in [3.8, 4) is 5.75 Å². The second-order valence-electron chi connectivity index (χ2n) is 6.50. The number of aromatic hydroxyl groups is 1. The number of fused-ring (bicyclic) bond motifs is 5. The first-order valence-electron chi connectivity index (χ1n) is 7.38. The van der Waals surface area contributed by atoms with Crippen LogP contribution in [-0.4, -0.2) is 29.1 Å². The molecule has 3 atom stereocenters. The highest BCUT2D eigenvalue weighted by atomic mass is 19.1. The Bertz CT molecular complexity index is 723.